The van der Waals surface area contributed by atoms with Crippen LogP contribution in [0.2, 0.25) is 5.15 Å². The van der Waals surface area contributed by atoms with E-state index < -0.39 is 0 Å². The van der Waals surface area contributed by atoms with Gasteiger partial charge in [-0.15, -0.1) is 0 Å². The first kappa shape index (κ1) is 9.21. The number of hydrogen-bond acceptors (Lipinski definition) is 2. The molecule has 2 aromatic rings. The highest BCUT2D eigenvalue weighted by Gasteiger charge is 2.10. The van der Waals surface area contributed by atoms with Gasteiger partial charge >= 0.3 is 0 Å². The van der Waals surface area contributed by atoms with Gasteiger partial charge in [0, 0.05) is 18.2 Å². The molecule has 0 amide bonds. The third-order valence-corrected chi connectivity index (χ3v) is 2.43. The fourth-order valence-electron chi connectivity index (χ4n) is 1.52. The summed E-state index contributed by atoms with van der Waals surface area (Å²) in [6.45, 7) is 2.00. The standard InChI is InChI=1S/C10H9ClN2O/c1-2-8-12-10(11)9-7(6-14)4-3-5-13(8)9/h3-6H,2H2,1H3. The number of aldehydes is 1. The number of halogens is 1. The number of carbonyl (C=O) groups excluding carboxylic acids is 1. The molecule has 0 saturated heterocycles. The Kier molecular flexibility index (Phi) is 2.25. The molecule has 0 atom stereocenters. The van der Waals surface area contributed by atoms with Gasteiger partial charge < -0.3 is 4.40 Å². The van der Waals surface area contributed by atoms with Crippen molar-refractivity contribution in [3.8, 4) is 0 Å². The lowest BCUT2D eigenvalue weighted by Crippen LogP contribution is -1.93. The van der Waals surface area contributed by atoms with E-state index in [1.807, 2.05) is 23.6 Å². The first-order chi connectivity index (χ1) is 6.77. The zero-order valence-electron chi connectivity index (χ0n) is 7.70. The second-order valence-corrected chi connectivity index (χ2v) is 3.33. The smallest absolute Gasteiger partial charge is 0.155 e. The van der Waals surface area contributed by atoms with E-state index in [0.717, 1.165) is 18.5 Å². The molecule has 14 heavy (non-hydrogen) atoms. The van der Waals surface area contributed by atoms with Gasteiger partial charge in [0.1, 0.15) is 5.82 Å². The summed E-state index contributed by atoms with van der Waals surface area (Å²) >= 11 is 5.95. The largest absolute Gasteiger partial charge is 0.302 e. The number of fused-ring (bicyclic) bond motifs is 1. The lowest BCUT2D eigenvalue weighted by atomic mass is 10.2. The number of aryl methyl sites for hydroxylation is 1. The fourth-order valence-corrected chi connectivity index (χ4v) is 1.82. The third kappa shape index (κ3) is 1.21. The highest BCUT2D eigenvalue weighted by molar-refractivity contribution is 6.33. The molecule has 0 radical (unpaired) electrons. The zero-order valence-corrected chi connectivity index (χ0v) is 8.45. The van der Waals surface area contributed by atoms with Crippen LogP contribution in [0, 0.1) is 0 Å². The first-order valence-corrected chi connectivity index (χ1v) is 4.76. The fraction of sp³-hybridized carbons (Fsp3) is 0.200. The summed E-state index contributed by atoms with van der Waals surface area (Å²) in [4.78, 5) is 15.0. The van der Waals surface area contributed by atoms with Gasteiger partial charge in [-0.1, -0.05) is 18.5 Å². The van der Waals surface area contributed by atoms with Crippen LogP contribution in [0.1, 0.15) is 23.1 Å². The van der Waals surface area contributed by atoms with Crippen LogP contribution in [0.4, 0.5) is 0 Å². The Hall–Kier alpha value is -1.35. The molecule has 2 heterocycles. The molecule has 0 N–H and O–H groups in total. The molecular formula is C10H9ClN2O. The molecule has 72 valence electrons. The van der Waals surface area contributed by atoms with Crippen molar-refractivity contribution in [2.75, 3.05) is 0 Å². The molecule has 0 aliphatic rings. The van der Waals surface area contributed by atoms with Crippen LogP contribution in [0.25, 0.3) is 5.52 Å². The van der Waals surface area contributed by atoms with Crippen LogP contribution < -0.4 is 0 Å². The van der Waals surface area contributed by atoms with Crippen LogP contribution in [0.5, 0.6) is 0 Å². The maximum atomic E-state index is 10.8. The van der Waals surface area contributed by atoms with Gasteiger partial charge in [-0.2, -0.15) is 0 Å². The lowest BCUT2D eigenvalue weighted by molar-refractivity contribution is 0.112. The van der Waals surface area contributed by atoms with Crippen LogP contribution in [-0.4, -0.2) is 15.7 Å². The van der Waals surface area contributed by atoms with Gasteiger partial charge in [-0.25, -0.2) is 4.98 Å². The molecule has 0 aromatic carbocycles. The van der Waals surface area contributed by atoms with Crippen molar-refractivity contribution in [2.24, 2.45) is 0 Å². The van der Waals surface area contributed by atoms with Gasteiger partial charge in [-0.05, 0) is 12.1 Å². The third-order valence-electron chi connectivity index (χ3n) is 2.17. The van der Waals surface area contributed by atoms with Crippen molar-refractivity contribution >= 4 is 23.4 Å². The van der Waals surface area contributed by atoms with Crippen molar-refractivity contribution in [1.82, 2.24) is 9.38 Å². The van der Waals surface area contributed by atoms with E-state index in [2.05, 4.69) is 4.98 Å². The van der Waals surface area contributed by atoms with E-state index in [9.17, 15) is 4.79 Å². The minimum Gasteiger partial charge on any atom is -0.302 e. The van der Waals surface area contributed by atoms with Crippen molar-refractivity contribution in [3.05, 3.63) is 34.9 Å². The van der Waals surface area contributed by atoms with E-state index in [1.54, 1.807) is 6.07 Å². The van der Waals surface area contributed by atoms with E-state index in [0.29, 0.717) is 16.2 Å². The minimum absolute atomic E-state index is 0.393. The highest BCUT2D eigenvalue weighted by Crippen LogP contribution is 2.21. The van der Waals surface area contributed by atoms with E-state index >= 15 is 0 Å². The van der Waals surface area contributed by atoms with Crippen molar-refractivity contribution in [1.29, 1.82) is 0 Å². The molecule has 2 aromatic heterocycles. The predicted molar refractivity (Wildman–Crippen MR) is 55.0 cm³/mol. The van der Waals surface area contributed by atoms with Gasteiger partial charge in [0.15, 0.2) is 11.4 Å². The van der Waals surface area contributed by atoms with E-state index in [1.165, 1.54) is 0 Å². The Labute approximate surface area is 86.3 Å². The average Bonchev–Trinajstić information content (AvgIpc) is 2.55. The van der Waals surface area contributed by atoms with Gasteiger partial charge in [-0.3, -0.25) is 4.79 Å². The molecule has 0 unspecified atom stereocenters. The van der Waals surface area contributed by atoms with Crippen molar-refractivity contribution in [3.63, 3.8) is 0 Å². The Morgan fingerprint density at radius 3 is 3.07 bits per heavy atom. The van der Waals surface area contributed by atoms with Crippen molar-refractivity contribution in [2.45, 2.75) is 13.3 Å². The Bertz CT molecular complexity index is 490. The summed E-state index contributed by atoms with van der Waals surface area (Å²) in [6, 6.07) is 3.54. The molecule has 2 rings (SSSR count). The maximum Gasteiger partial charge on any atom is 0.155 e. The molecule has 0 aliphatic heterocycles. The maximum absolute atomic E-state index is 10.8. The molecule has 4 heteroatoms. The van der Waals surface area contributed by atoms with Crippen LogP contribution >= 0.6 is 11.6 Å². The molecule has 0 fully saturated rings. The number of hydrogen-bond donors (Lipinski definition) is 0. The number of rotatable bonds is 2. The minimum atomic E-state index is 0.393. The number of imidazole rings is 1. The topological polar surface area (TPSA) is 34.4 Å². The SMILES string of the molecule is CCc1nc(Cl)c2c(C=O)cccn12. The Morgan fingerprint density at radius 1 is 1.64 bits per heavy atom. The number of carbonyl (C=O) groups is 1. The monoisotopic (exact) mass is 208 g/mol. The summed E-state index contributed by atoms with van der Waals surface area (Å²) in [5, 5.41) is 0.393. The highest BCUT2D eigenvalue weighted by atomic mass is 35.5. The Balaban J connectivity index is 2.87. The van der Waals surface area contributed by atoms with Gasteiger partial charge in [0.2, 0.25) is 0 Å². The summed E-state index contributed by atoms with van der Waals surface area (Å²) in [5.41, 5.74) is 1.27. The van der Waals surface area contributed by atoms with Crippen LogP contribution in [-0.2, 0) is 6.42 Å². The molecular weight excluding hydrogens is 200 g/mol. The lowest BCUT2D eigenvalue weighted by Gasteiger charge is -1.98. The second kappa shape index (κ2) is 3.42. The molecule has 0 saturated carbocycles. The number of nitrogens with zero attached hydrogens (tertiary/aromatic N) is 2. The quantitative estimate of drug-likeness (QED) is 0.711. The van der Waals surface area contributed by atoms with Gasteiger partial charge in [0.25, 0.3) is 0 Å². The summed E-state index contributed by atoms with van der Waals surface area (Å²) in [6.07, 6.45) is 3.44. The second-order valence-electron chi connectivity index (χ2n) is 2.97. The molecule has 0 aliphatic carbocycles. The summed E-state index contributed by atoms with van der Waals surface area (Å²) < 4.78 is 1.85. The first-order valence-electron chi connectivity index (χ1n) is 4.38. The Morgan fingerprint density at radius 2 is 2.43 bits per heavy atom. The number of pyridine rings is 1. The molecule has 3 nitrogen and oxygen atoms in total. The van der Waals surface area contributed by atoms with Gasteiger partial charge in [0.05, 0.1) is 5.52 Å². The van der Waals surface area contributed by atoms with E-state index in [4.69, 9.17) is 11.6 Å². The predicted octanol–water partition coefficient (Wildman–Crippen LogP) is 2.36. The van der Waals surface area contributed by atoms with Crippen LogP contribution in [0.15, 0.2) is 18.3 Å². The average molecular weight is 209 g/mol. The summed E-state index contributed by atoms with van der Waals surface area (Å²) in [5.74, 6) is 0.869. The zero-order chi connectivity index (χ0) is 10.1. The van der Waals surface area contributed by atoms with Crippen LogP contribution in [0.3, 0.4) is 0 Å². The normalized spacial score (nSPS) is 10.7. The summed E-state index contributed by atoms with van der Waals surface area (Å²) in [7, 11) is 0. The molecule has 0 spiro atoms. The van der Waals surface area contributed by atoms with E-state index in [-0.39, 0.29) is 0 Å². The number of aromatic nitrogens is 2. The van der Waals surface area contributed by atoms with Crippen molar-refractivity contribution < 1.29 is 4.79 Å². The molecule has 0 bridgehead atoms.